The minimum Gasteiger partial charge on any atom is -0.165 e. The normalized spacial score (nSPS) is 11.4. The number of nitrogens with two attached hydrogens (primary N) is 1. The van der Waals surface area contributed by atoms with Crippen molar-refractivity contribution in [3.63, 3.8) is 0 Å². The molecule has 0 fully saturated rings. The Morgan fingerprint density at radius 2 is 1.73 bits per heavy atom. The lowest BCUT2D eigenvalue weighted by Crippen LogP contribution is -2.77. The molecule has 11 heavy (non-hydrogen) atoms. The van der Waals surface area contributed by atoms with Crippen LogP contribution in [-0.4, -0.2) is 8.42 Å². The second kappa shape index (κ2) is 2.98. The average molecular weight is 176 g/mol. The van der Waals surface area contributed by atoms with Gasteiger partial charge < -0.3 is 0 Å². The molecule has 0 saturated carbocycles. The van der Waals surface area contributed by atoms with Crippen molar-refractivity contribution in [3.05, 3.63) is 30.3 Å². The largest absolute Gasteiger partial charge is 0.359 e. The van der Waals surface area contributed by atoms with Crippen molar-refractivity contribution < 1.29 is 17.8 Å². The Balaban J connectivity index is 3.14. The number of sulfonamides is 1. The summed E-state index contributed by atoms with van der Waals surface area (Å²) in [5.41, 5.74) is 0. The second-order valence-electron chi connectivity index (χ2n) is 1.95. The van der Waals surface area contributed by atoms with Gasteiger partial charge in [0, 0.05) is 4.48 Å². The van der Waals surface area contributed by atoms with E-state index < -0.39 is 10.0 Å². The zero-order valence-corrected chi connectivity index (χ0v) is 6.38. The van der Waals surface area contributed by atoms with Gasteiger partial charge in [0.1, 0.15) is 4.90 Å². The Kier molecular flexibility index (Phi) is 2.21. The first-order chi connectivity index (χ1) is 5.17. The molecule has 0 amide bonds. The summed E-state index contributed by atoms with van der Waals surface area (Å²) in [4.78, 5) is -0.329. The van der Waals surface area contributed by atoms with Gasteiger partial charge in [-0.15, -0.1) is 0 Å². The summed E-state index contributed by atoms with van der Waals surface area (Å²) in [6.45, 7) is 0. The van der Waals surface area contributed by atoms with Crippen molar-refractivity contribution in [2.75, 3.05) is 0 Å². The predicted octanol–water partition coefficient (Wildman–Crippen LogP) is -0.177. The molecule has 0 saturated heterocycles. The van der Waals surface area contributed by atoms with Crippen LogP contribution in [0, 0.1) is 0 Å². The van der Waals surface area contributed by atoms with Crippen LogP contribution in [0.5, 0.6) is 0 Å². The lowest BCUT2D eigenvalue weighted by Gasteiger charge is -1.92. The van der Waals surface area contributed by atoms with Crippen molar-refractivity contribution >= 4 is 10.0 Å². The minimum absolute atomic E-state index is 0.0255. The maximum absolute atomic E-state index is 11.7. The van der Waals surface area contributed by atoms with Gasteiger partial charge in [0.15, 0.2) is 0 Å². The predicted molar refractivity (Wildman–Crippen MR) is 36.7 cm³/mol. The number of primary sulfonamides is 1. The van der Waals surface area contributed by atoms with Crippen LogP contribution in [0.4, 0.5) is 4.48 Å². The number of benzene rings is 1. The van der Waals surface area contributed by atoms with E-state index in [1.54, 1.807) is 6.07 Å². The van der Waals surface area contributed by atoms with Crippen molar-refractivity contribution in [1.82, 2.24) is 0 Å². The lowest BCUT2D eigenvalue weighted by atomic mass is 10.4. The van der Waals surface area contributed by atoms with Gasteiger partial charge in [-0.05, 0) is 17.1 Å². The number of halogens is 1. The lowest BCUT2D eigenvalue weighted by molar-refractivity contribution is -0.696. The summed E-state index contributed by atoms with van der Waals surface area (Å²) in [6, 6.07) is 7.42. The Morgan fingerprint density at radius 1 is 1.18 bits per heavy atom. The highest BCUT2D eigenvalue weighted by Crippen LogP contribution is 2.02. The molecular formula is C6H7FNO2S+. The highest BCUT2D eigenvalue weighted by Gasteiger charge is 2.16. The van der Waals surface area contributed by atoms with Gasteiger partial charge in [-0.3, -0.25) is 0 Å². The number of quaternary nitrogens is 1. The fraction of sp³-hybridized carbons (Fsp3) is 0. The highest BCUT2D eigenvalue weighted by atomic mass is 32.2. The monoisotopic (exact) mass is 176 g/mol. The summed E-state index contributed by atoms with van der Waals surface area (Å²) in [5.74, 6) is 0. The van der Waals surface area contributed by atoms with Crippen LogP contribution in [0.25, 0.3) is 0 Å². The van der Waals surface area contributed by atoms with Crippen LogP contribution in [0.1, 0.15) is 0 Å². The van der Waals surface area contributed by atoms with Crippen molar-refractivity contribution in [3.8, 4) is 0 Å². The van der Waals surface area contributed by atoms with Gasteiger partial charge in [-0.2, -0.15) is 8.42 Å². The van der Waals surface area contributed by atoms with Gasteiger partial charge in [0.2, 0.25) is 0 Å². The smallest absolute Gasteiger partial charge is 0.165 e. The fourth-order valence-corrected chi connectivity index (χ4v) is 1.30. The van der Waals surface area contributed by atoms with Crippen LogP contribution >= 0.6 is 0 Å². The molecule has 0 radical (unpaired) electrons. The third-order valence-electron chi connectivity index (χ3n) is 1.19. The van der Waals surface area contributed by atoms with E-state index in [0.717, 1.165) is 0 Å². The SMILES string of the molecule is O=S(=O)([NH2+]F)c1ccccc1. The minimum atomic E-state index is -3.79. The van der Waals surface area contributed by atoms with Crippen LogP contribution in [0.15, 0.2) is 35.2 Å². The van der Waals surface area contributed by atoms with Crippen LogP contribution in [0.3, 0.4) is 0 Å². The molecule has 0 aliphatic rings. The number of hydrogen-bond acceptors (Lipinski definition) is 2. The van der Waals surface area contributed by atoms with Crippen molar-refractivity contribution in [1.29, 1.82) is 0 Å². The standard InChI is InChI=1S/C6H6FNO2S/c7-8-11(9,10)6-4-2-1-3-5-6/h1-5,8H/p+1. The van der Waals surface area contributed by atoms with Gasteiger partial charge in [-0.1, -0.05) is 18.2 Å². The maximum atomic E-state index is 11.7. The third-order valence-corrected chi connectivity index (χ3v) is 2.35. The first-order valence-electron chi connectivity index (χ1n) is 2.90. The maximum Gasteiger partial charge on any atom is 0.359 e. The van der Waals surface area contributed by atoms with Gasteiger partial charge in [-0.25, -0.2) is 0 Å². The van der Waals surface area contributed by atoms with Gasteiger partial charge >= 0.3 is 10.0 Å². The molecule has 1 aromatic carbocycles. The quantitative estimate of drug-likeness (QED) is 0.636. The van der Waals surface area contributed by atoms with Crippen LogP contribution in [0.2, 0.25) is 0 Å². The Morgan fingerprint density at radius 3 is 2.18 bits per heavy atom. The Hall–Kier alpha value is -0.940. The van der Waals surface area contributed by atoms with E-state index in [0.29, 0.717) is 0 Å². The van der Waals surface area contributed by atoms with E-state index in [4.69, 9.17) is 0 Å². The molecule has 2 N–H and O–H groups in total. The van der Waals surface area contributed by atoms with Crippen LogP contribution in [-0.2, 0) is 10.0 Å². The molecule has 0 aromatic heterocycles. The summed E-state index contributed by atoms with van der Waals surface area (Å²) in [5, 5.41) is 0. The summed E-state index contributed by atoms with van der Waals surface area (Å²) in [6.07, 6.45) is 0. The molecule has 0 bridgehead atoms. The molecule has 0 heterocycles. The molecule has 5 heteroatoms. The first-order valence-corrected chi connectivity index (χ1v) is 4.45. The molecule has 0 atom stereocenters. The van der Waals surface area contributed by atoms with Crippen molar-refractivity contribution in [2.24, 2.45) is 0 Å². The second-order valence-corrected chi connectivity index (χ2v) is 3.69. The molecule has 1 aromatic rings. The third kappa shape index (κ3) is 1.75. The molecule has 1 rings (SSSR count). The summed E-state index contributed by atoms with van der Waals surface area (Å²) < 4.78 is 33.3. The molecule has 0 spiro atoms. The molecular weight excluding hydrogens is 169 g/mol. The topological polar surface area (TPSA) is 50.8 Å². The van der Waals surface area contributed by atoms with E-state index >= 15 is 0 Å². The molecule has 3 nitrogen and oxygen atoms in total. The fourth-order valence-electron chi connectivity index (χ4n) is 0.662. The molecule has 60 valence electrons. The van der Waals surface area contributed by atoms with E-state index in [1.807, 2.05) is 0 Å². The van der Waals surface area contributed by atoms with E-state index in [9.17, 15) is 12.9 Å². The molecule has 0 unspecified atom stereocenters. The molecule has 0 aliphatic heterocycles. The molecule has 0 aliphatic carbocycles. The average Bonchev–Trinajstić information content (AvgIpc) is 2.06. The van der Waals surface area contributed by atoms with Crippen molar-refractivity contribution in [2.45, 2.75) is 4.90 Å². The highest BCUT2D eigenvalue weighted by molar-refractivity contribution is 7.84. The first kappa shape index (κ1) is 8.16. The number of hydrogen-bond donors (Lipinski definition) is 1. The van der Waals surface area contributed by atoms with Crippen LogP contribution < -0.4 is 4.94 Å². The van der Waals surface area contributed by atoms with E-state index in [1.165, 1.54) is 24.3 Å². The Bertz CT molecular complexity index is 322. The van der Waals surface area contributed by atoms with E-state index in [2.05, 4.69) is 0 Å². The van der Waals surface area contributed by atoms with E-state index in [-0.39, 0.29) is 9.84 Å². The number of rotatable bonds is 2. The zero-order valence-electron chi connectivity index (χ0n) is 5.57. The summed E-state index contributed by atoms with van der Waals surface area (Å²) in [7, 11) is -3.79. The zero-order chi connectivity index (χ0) is 8.32. The Labute approximate surface area is 63.8 Å². The summed E-state index contributed by atoms with van der Waals surface area (Å²) >= 11 is 0. The van der Waals surface area contributed by atoms with Gasteiger partial charge in [0.25, 0.3) is 0 Å². The van der Waals surface area contributed by atoms with Gasteiger partial charge in [0.05, 0.1) is 0 Å².